The fourth-order valence-corrected chi connectivity index (χ4v) is 1.39. The van der Waals surface area contributed by atoms with Crippen LogP contribution >= 0.6 is 34.1 Å². The van der Waals surface area contributed by atoms with E-state index in [0.717, 1.165) is 9.92 Å². The first kappa shape index (κ1) is 7.32. The molecule has 0 aliphatic rings. The average molecular weight is 176 g/mol. The molecule has 0 nitrogen and oxygen atoms in total. The molecule has 0 atom stereocenters. The van der Waals surface area contributed by atoms with E-state index in [0.29, 0.717) is 0 Å². The maximum Gasteiger partial charge on any atom is 0.0417 e. The van der Waals surface area contributed by atoms with Gasteiger partial charge in [-0.25, -0.2) is 0 Å². The van der Waals surface area contributed by atoms with E-state index in [2.05, 4.69) is 0 Å². The van der Waals surface area contributed by atoms with Crippen molar-refractivity contribution >= 4 is 34.1 Å². The van der Waals surface area contributed by atoms with Gasteiger partial charge in [-0.1, -0.05) is 17.7 Å². The second-order valence-corrected chi connectivity index (χ2v) is 3.12. The van der Waals surface area contributed by atoms with Crippen molar-refractivity contribution < 1.29 is 0 Å². The van der Waals surface area contributed by atoms with Gasteiger partial charge in [0.15, 0.2) is 0 Å². The minimum Gasteiger partial charge on any atom is -0.0843 e. The third kappa shape index (κ3) is 2.12. The van der Waals surface area contributed by atoms with Gasteiger partial charge in [-0.2, -0.15) is 0 Å². The van der Waals surface area contributed by atoms with Crippen LogP contribution in [0.2, 0.25) is 5.02 Å². The summed E-state index contributed by atoms with van der Waals surface area (Å²) in [6.45, 7) is 0. The molecule has 0 saturated heterocycles. The monoisotopic (exact) mass is 175 g/mol. The topological polar surface area (TPSA) is 0 Å². The van der Waals surface area contributed by atoms with Crippen LogP contribution in [0.3, 0.4) is 0 Å². The summed E-state index contributed by atoms with van der Waals surface area (Å²) < 4.78 is 0. The van der Waals surface area contributed by atoms with Crippen LogP contribution in [0.5, 0.6) is 0 Å². The average Bonchev–Trinajstić information content (AvgIpc) is 1.88. The van der Waals surface area contributed by atoms with E-state index < -0.39 is 0 Å². The summed E-state index contributed by atoms with van der Waals surface area (Å²) in [5, 5.41) is 0.741. The molecule has 0 amide bonds. The van der Waals surface area contributed by atoms with Crippen molar-refractivity contribution in [2.24, 2.45) is 0 Å². The molecule has 0 aliphatic carbocycles. The van der Waals surface area contributed by atoms with Crippen LogP contribution in [0, 0.1) is 0 Å². The fraction of sp³-hybridized carbons (Fsp3) is 0. The molecule has 0 aliphatic heterocycles. The molecule has 3 heteroatoms. The van der Waals surface area contributed by atoms with Crippen LogP contribution < -0.4 is 0 Å². The van der Waals surface area contributed by atoms with Gasteiger partial charge in [0.2, 0.25) is 0 Å². The molecule has 1 rings (SSSR count). The quantitative estimate of drug-likeness (QED) is 0.589. The summed E-state index contributed by atoms with van der Waals surface area (Å²) in [7, 11) is 1.28. The highest BCUT2D eigenvalue weighted by molar-refractivity contribution is 8.68. The lowest BCUT2D eigenvalue weighted by molar-refractivity contribution is 1.48. The van der Waals surface area contributed by atoms with E-state index in [-0.39, 0.29) is 0 Å². The Morgan fingerprint density at radius 1 is 1.44 bits per heavy atom. The predicted molar refractivity (Wildman–Crippen MR) is 44.9 cm³/mol. The molecule has 9 heavy (non-hydrogen) atoms. The van der Waals surface area contributed by atoms with Crippen molar-refractivity contribution in [1.82, 2.24) is 0 Å². The lowest BCUT2D eigenvalue weighted by Gasteiger charge is -1.91. The van der Waals surface area contributed by atoms with Gasteiger partial charge in [0.25, 0.3) is 0 Å². The fourth-order valence-electron chi connectivity index (χ4n) is 0.519. The molecule has 0 aromatic heterocycles. The van der Waals surface area contributed by atoms with Crippen LogP contribution in [0.25, 0.3) is 0 Å². The molecule has 1 aromatic carbocycles. The van der Waals surface area contributed by atoms with Gasteiger partial charge in [0, 0.05) is 9.92 Å². The first-order valence-electron chi connectivity index (χ1n) is 2.38. The first-order chi connectivity index (χ1) is 4.33. The van der Waals surface area contributed by atoms with Crippen molar-refractivity contribution in [2.45, 2.75) is 4.90 Å². The summed E-state index contributed by atoms with van der Waals surface area (Å²) in [5.41, 5.74) is 0. The largest absolute Gasteiger partial charge is 0.0843 e. The molecule has 0 fully saturated rings. The Morgan fingerprint density at radius 3 is 2.67 bits per heavy atom. The Kier molecular flexibility index (Phi) is 2.76. The van der Waals surface area contributed by atoms with Crippen LogP contribution in [0.4, 0.5) is 0 Å². The summed E-state index contributed by atoms with van der Waals surface area (Å²) in [4.78, 5) is 1.03. The van der Waals surface area contributed by atoms with Crippen molar-refractivity contribution in [1.29, 1.82) is 0 Å². The van der Waals surface area contributed by atoms with Gasteiger partial charge in [-0.15, -0.1) is 0 Å². The molecule has 0 bridgehead atoms. The van der Waals surface area contributed by atoms with Gasteiger partial charge >= 0.3 is 0 Å². The number of halogens is 1. The summed E-state index contributed by atoms with van der Waals surface area (Å²) >= 11 is 10.4. The van der Waals surface area contributed by atoms with Gasteiger partial charge in [0.05, 0.1) is 0 Å². The normalized spacial score (nSPS) is 9.56. The number of benzene rings is 1. The van der Waals surface area contributed by atoms with Crippen molar-refractivity contribution in [3.63, 3.8) is 0 Å². The highest BCUT2D eigenvalue weighted by Gasteiger charge is 1.89. The molecule has 47 valence electrons. The second-order valence-electron chi connectivity index (χ2n) is 1.54. The summed E-state index contributed by atoms with van der Waals surface area (Å²) in [5.74, 6) is 0. The zero-order valence-electron chi connectivity index (χ0n) is 4.50. The molecule has 0 unspecified atom stereocenters. The zero-order chi connectivity index (χ0) is 6.69. The van der Waals surface area contributed by atoms with Crippen molar-refractivity contribution in [2.75, 3.05) is 0 Å². The molecule has 0 spiro atoms. The summed E-state index contributed by atoms with van der Waals surface area (Å²) in [6.07, 6.45) is 0. The van der Waals surface area contributed by atoms with E-state index in [1.807, 2.05) is 24.3 Å². The number of hydrogen-bond acceptors (Lipinski definition) is 1. The highest BCUT2D eigenvalue weighted by atomic mass is 35.5. The minimum absolute atomic E-state index is 0.741. The maximum atomic E-state index is 5.66. The Hall–Kier alpha value is 0.210. The van der Waals surface area contributed by atoms with Crippen LogP contribution in [0.1, 0.15) is 0 Å². The third-order valence-corrected chi connectivity index (χ3v) is 2.15. The van der Waals surface area contributed by atoms with Gasteiger partial charge in [0.1, 0.15) is 0 Å². The SMILES string of the molecule is [S]Sc1cccc(Cl)c1. The summed E-state index contributed by atoms with van der Waals surface area (Å²) in [6, 6.07) is 7.50. The standard InChI is InChI=1S/C6H4ClS2/c7-5-2-1-3-6(4-5)9-8/h1-4H. The van der Waals surface area contributed by atoms with Gasteiger partial charge in [-0.05, 0) is 40.7 Å². The molecule has 0 saturated carbocycles. The van der Waals surface area contributed by atoms with E-state index in [9.17, 15) is 0 Å². The van der Waals surface area contributed by atoms with E-state index in [1.165, 1.54) is 10.8 Å². The molecule has 1 aromatic rings. The molecule has 1 radical (unpaired) electrons. The molecule has 0 heterocycles. The molecular formula is C6H4ClS2. The van der Waals surface area contributed by atoms with Crippen LogP contribution in [0.15, 0.2) is 29.2 Å². The second kappa shape index (κ2) is 3.40. The van der Waals surface area contributed by atoms with E-state index >= 15 is 0 Å². The van der Waals surface area contributed by atoms with E-state index in [1.54, 1.807) is 0 Å². The van der Waals surface area contributed by atoms with Crippen molar-refractivity contribution in [3.8, 4) is 0 Å². The third-order valence-electron chi connectivity index (χ3n) is 0.892. The van der Waals surface area contributed by atoms with Gasteiger partial charge in [-0.3, -0.25) is 0 Å². The lowest BCUT2D eigenvalue weighted by Crippen LogP contribution is -1.64. The first-order valence-corrected chi connectivity index (χ1v) is 4.50. The van der Waals surface area contributed by atoms with E-state index in [4.69, 9.17) is 23.3 Å². The van der Waals surface area contributed by atoms with Gasteiger partial charge < -0.3 is 0 Å². The number of hydrogen-bond donors (Lipinski definition) is 0. The van der Waals surface area contributed by atoms with Crippen LogP contribution in [-0.2, 0) is 0 Å². The van der Waals surface area contributed by atoms with Crippen molar-refractivity contribution in [3.05, 3.63) is 29.3 Å². The molecule has 0 N–H and O–H groups in total. The lowest BCUT2D eigenvalue weighted by atomic mass is 10.4. The minimum atomic E-state index is 0.741. The number of rotatable bonds is 1. The molecular weight excluding hydrogens is 172 g/mol. The van der Waals surface area contributed by atoms with Crippen LogP contribution in [-0.4, -0.2) is 0 Å². The Bertz CT molecular complexity index is 200. The predicted octanol–water partition coefficient (Wildman–Crippen LogP) is 3.54. The maximum absolute atomic E-state index is 5.66. The zero-order valence-corrected chi connectivity index (χ0v) is 6.89. The Labute approximate surface area is 68.4 Å². The highest BCUT2D eigenvalue weighted by Crippen LogP contribution is 2.23. The Morgan fingerprint density at radius 2 is 2.22 bits per heavy atom. The smallest absolute Gasteiger partial charge is 0.0417 e. The Balaban J connectivity index is 2.94.